The largest absolute Gasteiger partial charge is 0.433 e. The van der Waals surface area contributed by atoms with Crippen molar-refractivity contribution in [3.63, 3.8) is 0 Å². The standard InChI is InChI=1S/C15H11F3N2O/c16-15(17,18)13-11-8-10(21)6-7-12(11)19-14(20-13)9-4-2-1-3-5-9/h1-5H,6-8H2. The number of aromatic nitrogens is 2. The van der Waals surface area contributed by atoms with Gasteiger partial charge in [-0.1, -0.05) is 30.3 Å². The molecule has 1 heterocycles. The van der Waals surface area contributed by atoms with Gasteiger partial charge in [0.15, 0.2) is 11.5 Å². The Morgan fingerprint density at radius 1 is 1.00 bits per heavy atom. The highest BCUT2D eigenvalue weighted by molar-refractivity contribution is 5.83. The summed E-state index contributed by atoms with van der Waals surface area (Å²) in [7, 11) is 0. The van der Waals surface area contributed by atoms with Gasteiger partial charge in [-0.2, -0.15) is 13.2 Å². The molecular weight excluding hydrogens is 281 g/mol. The van der Waals surface area contributed by atoms with Gasteiger partial charge in [0.1, 0.15) is 5.78 Å². The number of hydrogen-bond acceptors (Lipinski definition) is 3. The molecule has 1 aliphatic rings. The van der Waals surface area contributed by atoms with Crippen molar-refractivity contribution in [1.82, 2.24) is 9.97 Å². The Bertz CT molecular complexity index is 696. The summed E-state index contributed by atoms with van der Waals surface area (Å²) < 4.78 is 39.6. The van der Waals surface area contributed by atoms with Crippen LogP contribution in [0.15, 0.2) is 30.3 Å². The zero-order chi connectivity index (χ0) is 15.0. The Hall–Kier alpha value is -2.24. The summed E-state index contributed by atoms with van der Waals surface area (Å²) in [5.41, 5.74) is -0.198. The third-order valence-electron chi connectivity index (χ3n) is 3.41. The second-order valence-electron chi connectivity index (χ2n) is 4.90. The van der Waals surface area contributed by atoms with Gasteiger partial charge in [-0.15, -0.1) is 0 Å². The first-order valence-corrected chi connectivity index (χ1v) is 6.49. The first-order chi connectivity index (χ1) is 9.95. The monoisotopic (exact) mass is 292 g/mol. The topological polar surface area (TPSA) is 42.9 Å². The van der Waals surface area contributed by atoms with Gasteiger partial charge in [0.25, 0.3) is 0 Å². The third kappa shape index (κ3) is 2.66. The van der Waals surface area contributed by atoms with Gasteiger partial charge in [-0.25, -0.2) is 9.97 Å². The van der Waals surface area contributed by atoms with Crippen molar-refractivity contribution in [3.05, 3.63) is 47.3 Å². The number of carbonyl (C=O) groups excluding carboxylic acids is 1. The second kappa shape index (κ2) is 4.95. The van der Waals surface area contributed by atoms with E-state index in [1.165, 1.54) is 0 Å². The number of benzene rings is 1. The summed E-state index contributed by atoms with van der Waals surface area (Å²) in [5, 5.41) is 0. The van der Waals surface area contributed by atoms with Crippen LogP contribution in [0.4, 0.5) is 13.2 Å². The van der Waals surface area contributed by atoms with E-state index < -0.39 is 11.9 Å². The molecule has 6 heteroatoms. The molecule has 21 heavy (non-hydrogen) atoms. The van der Waals surface area contributed by atoms with Crippen molar-refractivity contribution in [2.24, 2.45) is 0 Å². The van der Waals surface area contributed by atoms with Crippen LogP contribution in [0.2, 0.25) is 0 Å². The highest BCUT2D eigenvalue weighted by Gasteiger charge is 2.39. The van der Waals surface area contributed by atoms with Gasteiger partial charge in [0, 0.05) is 29.7 Å². The van der Waals surface area contributed by atoms with E-state index in [1.807, 2.05) is 0 Å². The Kier molecular flexibility index (Phi) is 3.23. The SMILES string of the molecule is O=C1CCc2nc(-c3ccccc3)nc(C(F)(F)F)c2C1. The molecule has 0 fully saturated rings. The van der Waals surface area contributed by atoms with Crippen LogP contribution in [-0.2, 0) is 23.8 Å². The van der Waals surface area contributed by atoms with Crippen molar-refractivity contribution < 1.29 is 18.0 Å². The number of ketones is 1. The molecule has 0 radical (unpaired) electrons. The molecule has 3 rings (SSSR count). The molecule has 1 aromatic heterocycles. The van der Waals surface area contributed by atoms with Crippen molar-refractivity contribution in [2.75, 3.05) is 0 Å². The molecular formula is C15H11F3N2O. The molecule has 0 spiro atoms. The molecule has 3 nitrogen and oxygen atoms in total. The summed E-state index contributed by atoms with van der Waals surface area (Å²) in [4.78, 5) is 19.3. The zero-order valence-electron chi connectivity index (χ0n) is 10.9. The van der Waals surface area contributed by atoms with Crippen LogP contribution in [0.3, 0.4) is 0 Å². The lowest BCUT2D eigenvalue weighted by molar-refractivity contribution is -0.142. The van der Waals surface area contributed by atoms with Crippen molar-refractivity contribution in [1.29, 1.82) is 0 Å². The number of Topliss-reactive ketones (excluding diaryl/α,β-unsaturated/α-hetero) is 1. The van der Waals surface area contributed by atoms with Gasteiger partial charge < -0.3 is 0 Å². The first kappa shape index (κ1) is 13.7. The summed E-state index contributed by atoms with van der Waals surface area (Å²) in [6.07, 6.45) is -4.36. The number of halogens is 3. The maximum atomic E-state index is 13.2. The third-order valence-corrected chi connectivity index (χ3v) is 3.41. The van der Waals surface area contributed by atoms with Gasteiger partial charge in [-0.3, -0.25) is 4.79 Å². The Morgan fingerprint density at radius 3 is 2.38 bits per heavy atom. The fourth-order valence-electron chi connectivity index (χ4n) is 2.42. The number of rotatable bonds is 1. The predicted octanol–water partition coefficient (Wildman–Crippen LogP) is 3.22. The van der Waals surface area contributed by atoms with E-state index in [2.05, 4.69) is 9.97 Å². The average molecular weight is 292 g/mol. The zero-order valence-corrected chi connectivity index (χ0v) is 10.9. The smallest absolute Gasteiger partial charge is 0.299 e. The van der Waals surface area contributed by atoms with Gasteiger partial charge in [-0.05, 0) is 6.42 Å². The predicted molar refractivity (Wildman–Crippen MR) is 69.5 cm³/mol. The maximum Gasteiger partial charge on any atom is 0.433 e. The van der Waals surface area contributed by atoms with Crippen molar-refractivity contribution in [3.8, 4) is 11.4 Å². The highest BCUT2D eigenvalue weighted by atomic mass is 19.4. The van der Waals surface area contributed by atoms with Gasteiger partial charge in [0.2, 0.25) is 0 Å². The van der Waals surface area contributed by atoms with E-state index in [1.54, 1.807) is 30.3 Å². The molecule has 0 atom stereocenters. The van der Waals surface area contributed by atoms with Crippen LogP contribution in [-0.4, -0.2) is 15.8 Å². The fraction of sp³-hybridized carbons (Fsp3) is 0.267. The van der Waals surface area contributed by atoms with E-state index >= 15 is 0 Å². The lowest BCUT2D eigenvalue weighted by Crippen LogP contribution is -2.23. The summed E-state index contributed by atoms with van der Waals surface area (Å²) >= 11 is 0. The van der Waals surface area contributed by atoms with Gasteiger partial charge in [0.05, 0.1) is 0 Å². The molecule has 0 unspecified atom stereocenters. The number of alkyl halides is 3. The summed E-state index contributed by atoms with van der Waals surface area (Å²) in [6.45, 7) is 0. The number of carbonyl (C=O) groups is 1. The van der Waals surface area contributed by atoms with E-state index in [-0.39, 0.29) is 36.4 Å². The fourth-order valence-corrected chi connectivity index (χ4v) is 2.42. The molecule has 1 aliphatic carbocycles. The van der Waals surface area contributed by atoms with Crippen LogP contribution in [0, 0.1) is 0 Å². The lowest BCUT2D eigenvalue weighted by atomic mass is 9.93. The van der Waals surface area contributed by atoms with E-state index in [0.29, 0.717) is 11.3 Å². The summed E-state index contributed by atoms with van der Waals surface area (Å²) in [5.74, 6) is -0.153. The second-order valence-corrected chi connectivity index (χ2v) is 4.90. The molecule has 1 aromatic carbocycles. The number of fused-ring (bicyclic) bond motifs is 1. The van der Waals surface area contributed by atoms with Crippen molar-refractivity contribution in [2.45, 2.75) is 25.4 Å². The van der Waals surface area contributed by atoms with Crippen LogP contribution < -0.4 is 0 Å². The number of nitrogens with zero attached hydrogens (tertiary/aromatic N) is 2. The van der Waals surface area contributed by atoms with E-state index in [9.17, 15) is 18.0 Å². The number of aryl methyl sites for hydroxylation is 1. The molecule has 0 N–H and O–H groups in total. The number of hydrogen-bond donors (Lipinski definition) is 0. The Labute approximate surface area is 118 Å². The first-order valence-electron chi connectivity index (χ1n) is 6.49. The Balaban J connectivity index is 2.20. The molecule has 0 aliphatic heterocycles. The van der Waals surface area contributed by atoms with Gasteiger partial charge >= 0.3 is 6.18 Å². The minimum absolute atomic E-state index is 0.0519. The minimum Gasteiger partial charge on any atom is -0.299 e. The van der Waals surface area contributed by atoms with Crippen molar-refractivity contribution >= 4 is 5.78 Å². The molecule has 0 saturated heterocycles. The minimum atomic E-state index is -4.59. The van der Waals surface area contributed by atoms with Crippen LogP contribution in [0.5, 0.6) is 0 Å². The highest BCUT2D eigenvalue weighted by Crippen LogP contribution is 2.35. The van der Waals surface area contributed by atoms with Crippen LogP contribution in [0.25, 0.3) is 11.4 Å². The molecule has 2 aromatic rings. The molecule has 108 valence electrons. The lowest BCUT2D eigenvalue weighted by Gasteiger charge is -2.19. The Morgan fingerprint density at radius 2 is 1.71 bits per heavy atom. The normalized spacial score (nSPS) is 14.9. The molecule has 0 saturated carbocycles. The quantitative estimate of drug-likeness (QED) is 0.810. The van der Waals surface area contributed by atoms with E-state index in [0.717, 1.165) is 0 Å². The molecule has 0 amide bonds. The summed E-state index contributed by atoms with van der Waals surface area (Å²) in [6, 6.07) is 8.53. The van der Waals surface area contributed by atoms with Crippen LogP contribution >= 0.6 is 0 Å². The van der Waals surface area contributed by atoms with E-state index in [4.69, 9.17) is 0 Å². The average Bonchev–Trinajstić information content (AvgIpc) is 2.46. The molecule has 0 bridgehead atoms. The van der Waals surface area contributed by atoms with Crippen LogP contribution in [0.1, 0.15) is 23.4 Å². The maximum absolute atomic E-state index is 13.2.